The minimum atomic E-state index is -3.48. The van der Waals surface area contributed by atoms with Crippen molar-refractivity contribution in [3.63, 3.8) is 0 Å². The van der Waals surface area contributed by atoms with E-state index in [9.17, 15) is 23.1 Å². The molecule has 0 aliphatic rings. The first-order valence-electron chi connectivity index (χ1n) is 6.49. The first kappa shape index (κ1) is 17.2. The second-order valence-electron chi connectivity index (χ2n) is 4.72. The number of hydrogen-bond donors (Lipinski definition) is 1. The third-order valence-corrected chi connectivity index (χ3v) is 4.77. The maximum atomic E-state index is 11.9. The van der Waals surface area contributed by atoms with Gasteiger partial charge in [-0.05, 0) is 5.56 Å². The monoisotopic (exact) mass is 313 g/mol. The van der Waals surface area contributed by atoms with Gasteiger partial charge < -0.3 is 10.0 Å². The van der Waals surface area contributed by atoms with Gasteiger partial charge in [-0.1, -0.05) is 37.3 Å². The van der Waals surface area contributed by atoms with Crippen molar-refractivity contribution < 1.29 is 23.1 Å². The molecular formula is C14H19NO5S. The van der Waals surface area contributed by atoms with Gasteiger partial charge in [-0.3, -0.25) is 4.79 Å². The molecule has 0 heterocycles. The summed E-state index contributed by atoms with van der Waals surface area (Å²) in [6.45, 7) is 1.45. The zero-order chi connectivity index (χ0) is 16.0. The summed E-state index contributed by atoms with van der Waals surface area (Å²) in [5.41, 5.74) is 0.767. The molecule has 116 valence electrons. The Kier molecular flexibility index (Phi) is 5.90. The number of aliphatic carboxylic acids is 1. The molecule has 1 aromatic rings. The van der Waals surface area contributed by atoms with Gasteiger partial charge in [0, 0.05) is 19.2 Å². The van der Waals surface area contributed by atoms with Gasteiger partial charge in [0.1, 0.15) is 11.8 Å². The lowest BCUT2D eigenvalue weighted by molar-refractivity contribution is -0.148. The van der Waals surface area contributed by atoms with E-state index in [0.717, 1.165) is 10.5 Å². The van der Waals surface area contributed by atoms with Crippen LogP contribution in [0.2, 0.25) is 0 Å². The van der Waals surface area contributed by atoms with Gasteiger partial charge in [0.15, 0.2) is 9.84 Å². The van der Waals surface area contributed by atoms with Crippen LogP contribution in [0.3, 0.4) is 0 Å². The number of likely N-dealkylation sites (N-methyl/N-ethyl adjacent to an activating group) is 1. The summed E-state index contributed by atoms with van der Waals surface area (Å²) in [5, 5.41) is 9.27. The largest absolute Gasteiger partial charge is 0.480 e. The van der Waals surface area contributed by atoms with E-state index in [0.29, 0.717) is 0 Å². The predicted molar refractivity (Wildman–Crippen MR) is 78.7 cm³/mol. The molecule has 1 aromatic carbocycles. The fourth-order valence-corrected chi connectivity index (χ4v) is 2.58. The highest BCUT2D eigenvalue weighted by Gasteiger charge is 2.28. The van der Waals surface area contributed by atoms with Gasteiger partial charge in [0.2, 0.25) is 5.91 Å². The summed E-state index contributed by atoms with van der Waals surface area (Å²) in [6.07, 6.45) is 0.130. The fourth-order valence-electron chi connectivity index (χ4n) is 1.79. The normalized spacial score (nSPS) is 12.7. The highest BCUT2D eigenvalue weighted by atomic mass is 32.2. The van der Waals surface area contributed by atoms with Crippen molar-refractivity contribution in [1.29, 1.82) is 0 Å². The molecule has 0 radical (unpaired) electrons. The molecule has 1 rings (SSSR count). The van der Waals surface area contributed by atoms with Gasteiger partial charge in [-0.15, -0.1) is 0 Å². The number of carbonyl (C=O) groups is 2. The molecule has 21 heavy (non-hydrogen) atoms. The van der Waals surface area contributed by atoms with Crippen molar-refractivity contribution in [3.05, 3.63) is 35.9 Å². The van der Waals surface area contributed by atoms with Crippen molar-refractivity contribution >= 4 is 21.7 Å². The average Bonchev–Trinajstić information content (AvgIpc) is 2.44. The molecule has 1 atom stereocenters. The Morgan fingerprint density at radius 1 is 1.24 bits per heavy atom. The Morgan fingerprint density at radius 3 is 2.29 bits per heavy atom. The minimum Gasteiger partial charge on any atom is -0.480 e. The number of sulfone groups is 1. The van der Waals surface area contributed by atoms with Crippen LogP contribution in [-0.2, 0) is 25.8 Å². The Bertz CT molecular complexity index is 597. The van der Waals surface area contributed by atoms with Gasteiger partial charge in [-0.2, -0.15) is 0 Å². The number of carboxylic acid groups (broad SMARTS) is 1. The summed E-state index contributed by atoms with van der Waals surface area (Å²) in [4.78, 5) is 24.3. The number of amides is 1. The SMILES string of the molecule is CCS(=O)(=O)CC(=O)N(C)C(Cc1ccccc1)C(=O)O. The summed E-state index contributed by atoms with van der Waals surface area (Å²) in [6, 6.07) is 7.79. The van der Waals surface area contributed by atoms with E-state index in [4.69, 9.17) is 0 Å². The molecule has 0 bridgehead atoms. The fraction of sp³-hybridized carbons (Fsp3) is 0.429. The second-order valence-corrected chi connectivity index (χ2v) is 7.08. The number of carbonyl (C=O) groups excluding carboxylic acids is 1. The lowest BCUT2D eigenvalue weighted by Gasteiger charge is -2.25. The molecule has 1 amide bonds. The summed E-state index contributed by atoms with van der Waals surface area (Å²) < 4.78 is 22.9. The number of carboxylic acids is 1. The zero-order valence-corrected chi connectivity index (χ0v) is 12.8. The van der Waals surface area contributed by atoms with Crippen LogP contribution in [0, 0.1) is 0 Å². The first-order valence-corrected chi connectivity index (χ1v) is 8.31. The third kappa shape index (κ3) is 5.18. The van der Waals surface area contributed by atoms with E-state index in [-0.39, 0.29) is 12.2 Å². The first-order chi connectivity index (χ1) is 9.76. The molecular weight excluding hydrogens is 294 g/mol. The van der Waals surface area contributed by atoms with Crippen molar-refractivity contribution in [2.45, 2.75) is 19.4 Å². The van der Waals surface area contributed by atoms with Crippen LogP contribution in [0.4, 0.5) is 0 Å². The Hall–Kier alpha value is -1.89. The maximum absolute atomic E-state index is 11.9. The third-order valence-electron chi connectivity index (χ3n) is 3.20. The van der Waals surface area contributed by atoms with Crippen molar-refractivity contribution in [2.24, 2.45) is 0 Å². The van der Waals surface area contributed by atoms with E-state index in [2.05, 4.69) is 0 Å². The van der Waals surface area contributed by atoms with E-state index in [1.807, 2.05) is 6.07 Å². The van der Waals surface area contributed by atoms with Crippen molar-refractivity contribution in [1.82, 2.24) is 4.90 Å². The molecule has 1 unspecified atom stereocenters. The van der Waals surface area contributed by atoms with Crippen molar-refractivity contribution in [2.75, 3.05) is 18.6 Å². The Morgan fingerprint density at radius 2 is 1.81 bits per heavy atom. The summed E-state index contributed by atoms with van der Waals surface area (Å²) in [5.74, 6) is -2.69. The molecule has 0 saturated heterocycles. The molecule has 7 heteroatoms. The van der Waals surface area contributed by atoms with Crippen molar-refractivity contribution in [3.8, 4) is 0 Å². The molecule has 6 nitrogen and oxygen atoms in total. The topological polar surface area (TPSA) is 91.8 Å². The van der Waals surface area contributed by atoms with E-state index in [1.165, 1.54) is 14.0 Å². The summed E-state index contributed by atoms with van der Waals surface area (Å²) in [7, 11) is -2.17. The molecule has 0 aromatic heterocycles. The second kappa shape index (κ2) is 7.21. The predicted octanol–water partition coefficient (Wildman–Crippen LogP) is 0.575. The van der Waals surface area contributed by atoms with Gasteiger partial charge in [0.25, 0.3) is 0 Å². The average molecular weight is 313 g/mol. The number of hydrogen-bond acceptors (Lipinski definition) is 4. The molecule has 0 aliphatic carbocycles. The van der Waals surface area contributed by atoms with Crippen LogP contribution in [-0.4, -0.2) is 54.9 Å². The van der Waals surface area contributed by atoms with E-state index >= 15 is 0 Å². The van der Waals surface area contributed by atoms with Crippen LogP contribution in [0.25, 0.3) is 0 Å². The molecule has 0 saturated carbocycles. The van der Waals surface area contributed by atoms with E-state index in [1.54, 1.807) is 24.3 Å². The lowest BCUT2D eigenvalue weighted by Crippen LogP contribution is -2.46. The Balaban J connectivity index is 2.85. The van der Waals surface area contributed by atoms with Crippen LogP contribution < -0.4 is 0 Å². The highest BCUT2D eigenvalue weighted by Crippen LogP contribution is 2.09. The van der Waals surface area contributed by atoms with Gasteiger partial charge >= 0.3 is 5.97 Å². The standard InChI is InChI=1S/C14H19NO5S/c1-3-21(19,20)10-13(16)15(2)12(14(17)18)9-11-7-5-4-6-8-11/h4-8,12H,3,9-10H2,1-2H3,(H,17,18). The molecule has 1 N–H and O–H groups in total. The van der Waals surface area contributed by atoms with Gasteiger partial charge in [0.05, 0.1) is 0 Å². The highest BCUT2D eigenvalue weighted by molar-refractivity contribution is 7.92. The quantitative estimate of drug-likeness (QED) is 0.795. The lowest BCUT2D eigenvalue weighted by atomic mass is 10.1. The van der Waals surface area contributed by atoms with Crippen LogP contribution >= 0.6 is 0 Å². The number of benzene rings is 1. The van der Waals surface area contributed by atoms with Crippen LogP contribution in [0.15, 0.2) is 30.3 Å². The molecule has 0 aliphatic heterocycles. The number of nitrogens with zero attached hydrogens (tertiary/aromatic N) is 1. The Labute approximate surface area is 124 Å². The van der Waals surface area contributed by atoms with Crippen LogP contribution in [0.5, 0.6) is 0 Å². The summed E-state index contributed by atoms with van der Waals surface area (Å²) >= 11 is 0. The van der Waals surface area contributed by atoms with E-state index < -0.39 is 33.5 Å². The minimum absolute atomic E-state index is 0.130. The molecule has 0 spiro atoms. The van der Waals surface area contributed by atoms with Crippen LogP contribution in [0.1, 0.15) is 12.5 Å². The smallest absolute Gasteiger partial charge is 0.326 e. The maximum Gasteiger partial charge on any atom is 0.326 e. The molecule has 0 fully saturated rings. The number of rotatable bonds is 7. The van der Waals surface area contributed by atoms with Gasteiger partial charge in [-0.25, -0.2) is 13.2 Å². The zero-order valence-electron chi connectivity index (χ0n) is 12.0.